The lowest BCUT2D eigenvalue weighted by Gasteiger charge is -1.96. The molecule has 0 saturated heterocycles. The fourth-order valence-electron chi connectivity index (χ4n) is 0.628. The van der Waals surface area contributed by atoms with E-state index in [1.54, 1.807) is 0 Å². The van der Waals surface area contributed by atoms with Crippen LogP contribution in [-0.2, 0) is 0 Å². The van der Waals surface area contributed by atoms with E-state index in [1.807, 2.05) is 0 Å². The van der Waals surface area contributed by atoms with Gasteiger partial charge in [0.25, 0.3) is 0 Å². The van der Waals surface area contributed by atoms with E-state index < -0.39 is 12.2 Å². The maximum Gasteiger partial charge on any atom is 0.117 e. The molecule has 0 aliphatic heterocycles. The molecule has 0 spiro atoms. The third-order valence-electron chi connectivity index (χ3n) is 1.35. The van der Waals surface area contributed by atoms with Gasteiger partial charge in [0, 0.05) is 26.1 Å². The summed E-state index contributed by atoms with van der Waals surface area (Å²) in [6, 6.07) is 0. The summed E-state index contributed by atoms with van der Waals surface area (Å²) < 4.78 is 0. The quantitative estimate of drug-likeness (QED) is 0.414. The molecule has 0 heterocycles. The smallest absolute Gasteiger partial charge is 0.117 e. The topological polar surface area (TPSA) is 80.9 Å². The minimum absolute atomic E-state index is 0.129. The van der Waals surface area contributed by atoms with Gasteiger partial charge in [0.15, 0.2) is 0 Å². The number of hydrogen-bond acceptors (Lipinski definition) is 4. The highest BCUT2D eigenvalue weighted by atomic mass is 16.3. The lowest BCUT2D eigenvalue weighted by Crippen LogP contribution is -2.05. The first-order valence-electron chi connectivity index (χ1n) is 4.29. The molecular formula is C10H14O4. The molecule has 4 nitrogen and oxygen atoms in total. The van der Waals surface area contributed by atoms with Crippen LogP contribution < -0.4 is 0 Å². The van der Waals surface area contributed by atoms with Crippen molar-refractivity contribution in [3.63, 3.8) is 0 Å². The summed E-state index contributed by atoms with van der Waals surface area (Å²) in [4.78, 5) is 0. The van der Waals surface area contributed by atoms with Gasteiger partial charge in [-0.2, -0.15) is 0 Å². The number of rotatable bonds is 4. The Balaban J connectivity index is 3.88. The summed E-state index contributed by atoms with van der Waals surface area (Å²) in [5.74, 6) is 9.45. The van der Waals surface area contributed by atoms with Gasteiger partial charge in [-0.15, -0.1) is 0 Å². The summed E-state index contributed by atoms with van der Waals surface area (Å²) in [5, 5.41) is 34.9. The van der Waals surface area contributed by atoms with Gasteiger partial charge < -0.3 is 20.4 Å². The Kier molecular flexibility index (Phi) is 7.92. The molecule has 14 heavy (non-hydrogen) atoms. The van der Waals surface area contributed by atoms with Crippen LogP contribution in [0.3, 0.4) is 0 Å². The van der Waals surface area contributed by atoms with E-state index in [2.05, 4.69) is 23.7 Å². The molecule has 2 atom stereocenters. The zero-order valence-corrected chi connectivity index (χ0v) is 7.77. The minimum Gasteiger partial charge on any atom is -0.396 e. The van der Waals surface area contributed by atoms with Crippen molar-refractivity contribution >= 4 is 0 Å². The molecule has 0 aromatic heterocycles. The van der Waals surface area contributed by atoms with Gasteiger partial charge in [-0.05, 0) is 11.8 Å². The second kappa shape index (κ2) is 8.55. The van der Waals surface area contributed by atoms with Crippen LogP contribution in [0.15, 0.2) is 0 Å². The van der Waals surface area contributed by atoms with Crippen LogP contribution in [0, 0.1) is 23.7 Å². The summed E-state index contributed by atoms with van der Waals surface area (Å²) in [6.45, 7) is -0.257. The van der Waals surface area contributed by atoms with Crippen molar-refractivity contribution < 1.29 is 20.4 Å². The van der Waals surface area contributed by atoms with Crippen LogP contribution in [0.2, 0.25) is 0 Å². The fourth-order valence-corrected chi connectivity index (χ4v) is 0.628. The lowest BCUT2D eigenvalue weighted by atomic mass is 10.2. The molecule has 0 aliphatic rings. The van der Waals surface area contributed by atoms with Crippen LogP contribution in [0.5, 0.6) is 0 Å². The monoisotopic (exact) mass is 198 g/mol. The summed E-state index contributed by atoms with van der Waals surface area (Å²) >= 11 is 0. The highest BCUT2D eigenvalue weighted by Gasteiger charge is 1.95. The van der Waals surface area contributed by atoms with Crippen LogP contribution in [0.25, 0.3) is 0 Å². The average Bonchev–Trinajstić information content (AvgIpc) is 2.13. The van der Waals surface area contributed by atoms with E-state index in [1.165, 1.54) is 0 Å². The maximum atomic E-state index is 9.01. The zero-order valence-electron chi connectivity index (χ0n) is 7.77. The molecule has 0 saturated carbocycles. The van der Waals surface area contributed by atoms with Gasteiger partial charge in [-0.3, -0.25) is 0 Å². The maximum absolute atomic E-state index is 9.01. The van der Waals surface area contributed by atoms with Gasteiger partial charge in [0.05, 0.1) is 0 Å². The molecule has 0 amide bonds. The predicted octanol–water partition coefficient (Wildman–Crippen LogP) is -1.52. The number of aliphatic hydroxyl groups excluding tert-OH is 4. The molecule has 0 bridgehead atoms. The lowest BCUT2D eigenvalue weighted by molar-refractivity contribution is 0.176. The summed E-state index contributed by atoms with van der Waals surface area (Å²) in [7, 11) is 0. The molecule has 0 fully saturated rings. The highest BCUT2D eigenvalue weighted by Crippen LogP contribution is 1.87. The first-order valence-corrected chi connectivity index (χ1v) is 4.29. The number of hydrogen-bond donors (Lipinski definition) is 4. The van der Waals surface area contributed by atoms with Crippen molar-refractivity contribution in [3.05, 3.63) is 0 Å². The van der Waals surface area contributed by atoms with Gasteiger partial charge >= 0.3 is 0 Å². The van der Waals surface area contributed by atoms with Gasteiger partial charge in [-0.25, -0.2) is 0 Å². The standard InChI is InChI=1S/C10H14O4/c11-7-5-9(13)3-1-2-4-10(14)6-8-12/h9-14H,5-8H2. The largest absolute Gasteiger partial charge is 0.396 e. The average molecular weight is 198 g/mol. The Hall–Kier alpha value is -1.04. The first-order chi connectivity index (χ1) is 6.70. The fraction of sp³-hybridized carbons (Fsp3) is 0.600. The summed E-state index contributed by atoms with van der Waals surface area (Å²) in [5.41, 5.74) is 0. The molecule has 78 valence electrons. The molecule has 0 aromatic carbocycles. The highest BCUT2D eigenvalue weighted by molar-refractivity contribution is 5.28. The molecule has 0 aliphatic carbocycles. The molecular weight excluding hydrogens is 184 g/mol. The molecule has 0 rings (SSSR count). The molecule has 0 aromatic rings. The predicted molar refractivity (Wildman–Crippen MR) is 51.0 cm³/mol. The van der Waals surface area contributed by atoms with Crippen molar-refractivity contribution in [2.75, 3.05) is 13.2 Å². The van der Waals surface area contributed by atoms with Crippen molar-refractivity contribution in [3.8, 4) is 23.7 Å². The van der Waals surface area contributed by atoms with E-state index in [-0.39, 0.29) is 26.1 Å². The SMILES string of the molecule is OCCC(O)C#CC#CC(O)CCO. The Labute approximate surface area is 83.2 Å². The van der Waals surface area contributed by atoms with Crippen LogP contribution in [-0.4, -0.2) is 45.8 Å². The Bertz CT molecular complexity index is 225. The zero-order chi connectivity index (χ0) is 10.8. The van der Waals surface area contributed by atoms with Crippen molar-refractivity contribution in [1.82, 2.24) is 0 Å². The van der Waals surface area contributed by atoms with Crippen LogP contribution in [0.1, 0.15) is 12.8 Å². The Morgan fingerprint density at radius 2 is 1.14 bits per heavy atom. The minimum atomic E-state index is -0.885. The third-order valence-corrected chi connectivity index (χ3v) is 1.35. The van der Waals surface area contributed by atoms with E-state index in [0.717, 1.165) is 0 Å². The van der Waals surface area contributed by atoms with Crippen molar-refractivity contribution in [2.24, 2.45) is 0 Å². The van der Waals surface area contributed by atoms with E-state index in [0.29, 0.717) is 0 Å². The first kappa shape index (κ1) is 13.0. The van der Waals surface area contributed by atoms with Gasteiger partial charge in [0.2, 0.25) is 0 Å². The van der Waals surface area contributed by atoms with Crippen LogP contribution in [0.4, 0.5) is 0 Å². The second-order valence-corrected chi connectivity index (χ2v) is 2.59. The van der Waals surface area contributed by atoms with E-state index in [4.69, 9.17) is 20.4 Å². The van der Waals surface area contributed by atoms with E-state index in [9.17, 15) is 0 Å². The molecule has 4 heteroatoms. The van der Waals surface area contributed by atoms with Gasteiger partial charge in [-0.1, -0.05) is 11.8 Å². The van der Waals surface area contributed by atoms with E-state index >= 15 is 0 Å². The van der Waals surface area contributed by atoms with Crippen molar-refractivity contribution in [1.29, 1.82) is 0 Å². The molecule has 0 radical (unpaired) electrons. The molecule has 2 unspecified atom stereocenters. The Morgan fingerprint density at radius 3 is 1.43 bits per heavy atom. The Morgan fingerprint density at radius 1 is 0.786 bits per heavy atom. The number of aliphatic hydroxyl groups is 4. The molecule has 4 N–H and O–H groups in total. The second-order valence-electron chi connectivity index (χ2n) is 2.59. The summed E-state index contributed by atoms with van der Waals surface area (Å²) in [6.07, 6.45) is -1.39. The normalized spacial score (nSPS) is 13.1. The van der Waals surface area contributed by atoms with Gasteiger partial charge in [0.1, 0.15) is 12.2 Å². The van der Waals surface area contributed by atoms with Crippen molar-refractivity contribution in [2.45, 2.75) is 25.0 Å². The van der Waals surface area contributed by atoms with Crippen LogP contribution >= 0.6 is 0 Å². The third kappa shape index (κ3) is 7.60.